The van der Waals surface area contributed by atoms with Crippen molar-refractivity contribution in [2.75, 3.05) is 0 Å². The molecule has 2 aromatic heterocycles. The molecule has 2 rings (SSSR count). The molecule has 0 fully saturated rings. The molecule has 0 amide bonds. The van der Waals surface area contributed by atoms with Crippen LogP contribution < -0.4 is 5.56 Å². The van der Waals surface area contributed by atoms with Gasteiger partial charge < -0.3 is 4.57 Å². The lowest BCUT2D eigenvalue weighted by molar-refractivity contribution is 0.734. The van der Waals surface area contributed by atoms with Crippen molar-refractivity contribution in [1.82, 2.24) is 9.55 Å². The molecule has 0 saturated carbocycles. The summed E-state index contributed by atoms with van der Waals surface area (Å²) in [5.41, 5.74) is 3.55. The van der Waals surface area contributed by atoms with Crippen LogP contribution in [-0.2, 0) is 6.54 Å². The molecule has 0 aliphatic carbocycles. The van der Waals surface area contributed by atoms with Crippen LogP contribution in [0, 0.1) is 10.5 Å². The van der Waals surface area contributed by atoms with Crippen molar-refractivity contribution in [2.45, 2.75) is 13.5 Å². The molecular formula is C10H9IN2OS. The monoisotopic (exact) mass is 332 g/mol. The normalized spacial score (nSPS) is 10.5. The summed E-state index contributed by atoms with van der Waals surface area (Å²) in [4.78, 5) is 16.0. The highest BCUT2D eigenvalue weighted by Gasteiger charge is 2.03. The highest BCUT2D eigenvalue weighted by Crippen LogP contribution is 2.06. The van der Waals surface area contributed by atoms with Gasteiger partial charge in [-0.3, -0.25) is 4.79 Å². The van der Waals surface area contributed by atoms with E-state index in [1.54, 1.807) is 21.4 Å². The van der Waals surface area contributed by atoms with Crippen LogP contribution in [0.4, 0.5) is 0 Å². The summed E-state index contributed by atoms with van der Waals surface area (Å²) in [5.74, 6) is 0. The number of halogens is 1. The Morgan fingerprint density at radius 1 is 1.60 bits per heavy atom. The van der Waals surface area contributed by atoms with E-state index in [0.29, 0.717) is 6.54 Å². The SMILES string of the molecule is Cc1cc(I)cn(Cc2cscn2)c1=O. The Morgan fingerprint density at radius 2 is 2.40 bits per heavy atom. The van der Waals surface area contributed by atoms with Crippen LogP contribution in [0.1, 0.15) is 11.3 Å². The fourth-order valence-corrected chi connectivity index (χ4v) is 2.70. The predicted molar refractivity (Wildman–Crippen MR) is 69.4 cm³/mol. The molecule has 3 nitrogen and oxygen atoms in total. The van der Waals surface area contributed by atoms with E-state index in [1.807, 2.05) is 24.6 Å². The first-order valence-electron chi connectivity index (χ1n) is 4.40. The van der Waals surface area contributed by atoms with Crippen molar-refractivity contribution in [3.05, 3.63) is 48.3 Å². The van der Waals surface area contributed by atoms with E-state index in [9.17, 15) is 4.79 Å². The lowest BCUT2D eigenvalue weighted by Crippen LogP contribution is -2.22. The number of nitrogens with zero attached hydrogens (tertiary/aromatic N) is 2. The number of hydrogen-bond acceptors (Lipinski definition) is 3. The molecular weight excluding hydrogens is 323 g/mol. The number of aryl methyl sites for hydroxylation is 1. The van der Waals surface area contributed by atoms with Crippen molar-refractivity contribution in [3.8, 4) is 0 Å². The summed E-state index contributed by atoms with van der Waals surface area (Å²) in [6.45, 7) is 2.39. The molecule has 0 spiro atoms. The highest BCUT2D eigenvalue weighted by atomic mass is 127. The molecule has 0 bridgehead atoms. The maximum Gasteiger partial charge on any atom is 0.253 e. The number of thiazole rings is 1. The zero-order valence-corrected chi connectivity index (χ0v) is 11.1. The van der Waals surface area contributed by atoms with E-state index in [0.717, 1.165) is 14.8 Å². The Kier molecular flexibility index (Phi) is 3.20. The van der Waals surface area contributed by atoms with Gasteiger partial charge in [0.05, 0.1) is 17.7 Å². The van der Waals surface area contributed by atoms with E-state index in [1.165, 1.54) is 0 Å². The average molecular weight is 332 g/mol. The molecule has 2 aromatic rings. The van der Waals surface area contributed by atoms with Gasteiger partial charge in [0.15, 0.2) is 0 Å². The van der Waals surface area contributed by atoms with Gasteiger partial charge in [-0.15, -0.1) is 11.3 Å². The molecule has 0 aromatic carbocycles. The third-order valence-corrected chi connectivity index (χ3v) is 3.27. The van der Waals surface area contributed by atoms with Gasteiger partial charge in [-0.05, 0) is 35.6 Å². The van der Waals surface area contributed by atoms with Gasteiger partial charge in [-0.2, -0.15) is 0 Å². The van der Waals surface area contributed by atoms with Crippen molar-refractivity contribution < 1.29 is 0 Å². The van der Waals surface area contributed by atoms with E-state index < -0.39 is 0 Å². The zero-order chi connectivity index (χ0) is 10.8. The van der Waals surface area contributed by atoms with Crippen LogP contribution in [0.25, 0.3) is 0 Å². The topological polar surface area (TPSA) is 34.9 Å². The summed E-state index contributed by atoms with van der Waals surface area (Å²) >= 11 is 3.76. The Morgan fingerprint density at radius 3 is 3.07 bits per heavy atom. The highest BCUT2D eigenvalue weighted by molar-refractivity contribution is 14.1. The zero-order valence-electron chi connectivity index (χ0n) is 8.11. The van der Waals surface area contributed by atoms with Crippen LogP contribution in [-0.4, -0.2) is 9.55 Å². The van der Waals surface area contributed by atoms with Gasteiger partial charge in [-0.25, -0.2) is 4.98 Å². The maximum atomic E-state index is 11.8. The minimum atomic E-state index is 0.0587. The number of aromatic nitrogens is 2. The fourth-order valence-electron chi connectivity index (χ4n) is 1.35. The van der Waals surface area contributed by atoms with E-state index >= 15 is 0 Å². The van der Waals surface area contributed by atoms with Crippen LogP contribution in [0.15, 0.2) is 27.9 Å². The van der Waals surface area contributed by atoms with Gasteiger partial charge in [0, 0.05) is 20.7 Å². The van der Waals surface area contributed by atoms with Gasteiger partial charge in [0.2, 0.25) is 0 Å². The molecule has 0 aliphatic rings. The summed E-state index contributed by atoms with van der Waals surface area (Å²) < 4.78 is 2.77. The Balaban J connectivity index is 2.41. The van der Waals surface area contributed by atoms with Gasteiger partial charge >= 0.3 is 0 Å². The van der Waals surface area contributed by atoms with E-state index in [4.69, 9.17) is 0 Å². The summed E-state index contributed by atoms with van der Waals surface area (Å²) in [7, 11) is 0. The molecule has 0 aliphatic heterocycles. The van der Waals surface area contributed by atoms with Gasteiger partial charge in [0.1, 0.15) is 0 Å². The number of rotatable bonds is 2. The predicted octanol–water partition coefficient (Wildman–Crippen LogP) is 2.27. The van der Waals surface area contributed by atoms with Crippen LogP contribution in [0.5, 0.6) is 0 Å². The molecule has 5 heteroatoms. The summed E-state index contributed by atoms with van der Waals surface area (Å²) in [6, 6.07) is 1.89. The quantitative estimate of drug-likeness (QED) is 0.791. The molecule has 0 unspecified atom stereocenters. The third-order valence-electron chi connectivity index (χ3n) is 2.05. The fraction of sp³-hybridized carbons (Fsp3) is 0.200. The van der Waals surface area contributed by atoms with Crippen molar-refractivity contribution in [1.29, 1.82) is 0 Å². The third kappa shape index (κ3) is 2.46. The molecule has 2 heterocycles. The molecule has 0 N–H and O–H groups in total. The number of hydrogen-bond donors (Lipinski definition) is 0. The summed E-state index contributed by atoms with van der Waals surface area (Å²) in [5, 5.41) is 1.96. The first kappa shape index (κ1) is 10.8. The van der Waals surface area contributed by atoms with Crippen LogP contribution in [0.2, 0.25) is 0 Å². The number of pyridine rings is 1. The van der Waals surface area contributed by atoms with E-state index in [2.05, 4.69) is 27.6 Å². The van der Waals surface area contributed by atoms with Crippen LogP contribution >= 0.6 is 33.9 Å². The van der Waals surface area contributed by atoms with Crippen molar-refractivity contribution in [2.24, 2.45) is 0 Å². The van der Waals surface area contributed by atoms with Crippen molar-refractivity contribution >= 4 is 33.9 Å². The molecule has 0 saturated heterocycles. The lowest BCUT2D eigenvalue weighted by atomic mass is 10.3. The Labute approximate surface area is 105 Å². The maximum absolute atomic E-state index is 11.8. The lowest BCUT2D eigenvalue weighted by Gasteiger charge is -2.05. The molecule has 0 radical (unpaired) electrons. The second kappa shape index (κ2) is 4.44. The summed E-state index contributed by atoms with van der Waals surface area (Å²) in [6.07, 6.45) is 1.86. The molecule has 78 valence electrons. The largest absolute Gasteiger partial charge is 0.308 e. The Bertz CT molecular complexity index is 519. The standard InChI is InChI=1S/C10H9IN2OS/c1-7-2-8(11)3-13(10(7)14)4-9-5-15-6-12-9/h2-3,5-6H,4H2,1H3. The Hall–Kier alpha value is -0.690. The molecule has 0 atom stereocenters. The second-order valence-electron chi connectivity index (χ2n) is 3.25. The van der Waals surface area contributed by atoms with E-state index in [-0.39, 0.29) is 5.56 Å². The van der Waals surface area contributed by atoms with Crippen molar-refractivity contribution in [3.63, 3.8) is 0 Å². The first-order chi connectivity index (χ1) is 7.16. The van der Waals surface area contributed by atoms with Gasteiger partial charge in [-0.1, -0.05) is 0 Å². The first-order valence-corrected chi connectivity index (χ1v) is 6.42. The van der Waals surface area contributed by atoms with Gasteiger partial charge in [0.25, 0.3) is 5.56 Å². The minimum absolute atomic E-state index is 0.0587. The smallest absolute Gasteiger partial charge is 0.253 e. The average Bonchev–Trinajstić information content (AvgIpc) is 2.66. The van der Waals surface area contributed by atoms with Crippen LogP contribution in [0.3, 0.4) is 0 Å². The minimum Gasteiger partial charge on any atom is -0.308 e. The second-order valence-corrected chi connectivity index (χ2v) is 5.22. The molecule has 15 heavy (non-hydrogen) atoms.